The Bertz CT molecular complexity index is 463. The van der Waals surface area contributed by atoms with Crippen molar-refractivity contribution in [3.63, 3.8) is 0 Å². The second kappa shape index (κ2) is 6.10. The minimum absolute atomic E-state index is 0.163. The fourth-order valence-corrected chi connectivity index (χ4v) is 1.44. The van der Waals surface area contributed by atoms with Gasteiger partial charge in [-0.2, -0.15) is 0 Å². The summed E-state index contributed by atoms with van der Waals surface area (Å²) < 4.78 is 0. The molecule has 0 radical (unpaired) electrons. The van der Waals surface area contributed by atoms with Crippen LogP contribution in [0.4, 0.5) is 0 Å². The maximum absolute atomic E-state index is 11.9. The molecule has 0 spiro atoms. The molecule has 5 heteroatoms. The summed E-state index contributed by atoms with van der Waals surface area (Å²) >= 11 is 4.83. The van der Waals surface area contributed by atoms with Gasteiger partial charge in [-0.05, 0) is 23.5 Å². The molecule has 19 heavy (non-hydrogen) atoms. The first-order valence-electron chi connectivity index (χ1n) is 6.26. The fourth-order valence-electron chi connectivity index (χ4n) is 1.32. The lowest BCUT2D eigenvalue weighted by Gasteiger charge is -2.27. The third kappa shape index (κ3) is 4.59. The van der Waals surface area contributed by atoms with Gasteiger partial charge in [-0.3, -0.25) is 9.78 Å². The molecule has 1 atom stereocenters. The third-order valence-electron chi connectivity index (χ3n) is 3.33. The van der Waals surface area contributed by atoms with E-state index in [0.717, 1.165) is 0 Å². The molecule has 1 amide bonds. The molecule has 0 bridgehead atoms. The minimum Gasteiger partial charge on any atom is -0.389 e. The van der Waals surface area contributed by atoms with Crippen LogP contribution in [-0.2, 0) is 0 Å². The number of aromatic nitrogens is 1. The Labute approximate surface area is 119 Å². The molecule has 3 N–H and O–H groups in total. The Kier molecular flexibility index (Phi) is 5.00. The Morgan fingerprint density at radius 3 is 2.53 bits per heavy atom. The van der Waals surface area contributed by atoms with Gasteiger partial charge in [0.25, 0.3) is 5.91 Å². The molecule has 0 aliphatic heterocycles. The number of hydrogen-bond donors (Lipinski definition) is 2. The van der Waals surface area contributed by atoms with Gasteiger partial charge in [-0.15, -0.1) is 0 Å². The number of hydrogen-bond acceptors (Lipinski definition) is 3. The first-order valence-corrected chi connectivity index (χ1v) is 6.66. The highest BCUT2D eigenvalue weighted by Gasteiger charge is 2.20. The molecule has 0 aliphatic carbocycles. The van der Waals surface area contributed by atoms with Crippen molar-refractivity contribution in [3.05, 3.63) is 29.6 Å². The van der Waals surface area contributed by atoms with Gasteiger partial charge in [-0.25, -0.2) is 0 Å². The summed E-state index contributed by atoms with van der Waals surface area (Å²) in [6, 6.07) is 3.34. The number of amides is 1. The second-order valence-corrected chi connectivity index (χ2v) is 6.21. The first kappa shape index (κ1) is 15.6. The van der Waals surface area contributed by atoms with Crippen molar-refractivity contribution in [2.45, 2.75) is 27.7 Å². The first-order chi connectivity index (χ1) is 8.71. The number of carbonyl (C=O) groups is 1. The summed E-state index contributed by atoms with van der Waals surface area (Å²) in [4.78, 5) is 16.3. The van der Waals surface area contributed by atoms with E-state index in [1.54, 1.807) is 12.1 Å². The van der Waals surface area contributed by atoms with E-state index in [1.165, 1.54) is 6.20 Å². The Morgan fingerprint density at radius 1 is 1.47 bits per heavy atom. The SMILES string of the molecule is CC(CNC(=O)c1ccc(C(N)=S)cn1)C(C)(C)C. The Hall–Kier alpha value is -1.49. The van der Waals surface area contributed by atoms with Crippen LogP contribution in [0.5, 0.6) is 0 Å². The van der Waals surface area contributed by atoms with Crippen LogP contribution in [0.25, 0.3) is 0 Å². The van der Waals surface area contributed by atoms with E-state index >= 15 is 0 Å². The number of nitrogens with zero attached hydrogens (tertiary/aromatic N) is 1. The molecule has 0 saturated carbocycles. The predicted octanol–water partition coefficient (Wildman–Crippen LogP) is 2.13. The van der Waals surface area contributed by atoms with Crippen molar-refractivity contribution >= 4 is 23.1 Å². The molecule has 1 rings (SSSR count). The number of nitrogens with two attached hydrogens (primary N) is 1. The second-order valence-electron chi connectivity index (χ2n) is 5.77. The van der Waals surface area contributed by atoms with Crippen LogP contribution < -0.4 is 11.1 Å². The average Bonchev–Trinajstić information content (AvgIpc) is 2.34. The summed E-state index contributed by atoms with van der Waals surface area (Å²) in [5.74, 6) is 0.206. The van der Waals surface area contributed by atoms with Crippen LogP contribution >= 0.6 is 12.2 Å². The third-order valence-corrected chi connectivity index (χ3v) is 3.56. The molecule has 0 aromatic carbocycles. The van der Waals surface area contributed by atoms with Gasteiger partial charge in [0.05, 0.1) is 0 Å². The van der Waals surface area contributed by atoms with Gasteiger partial charge in [0.1, 0.15) is 10.7 Å². The van der Waals surface area contributed by atoms with Crippen LogP contribution in [0.2, 0.25) is 0 Å². The van der Waals surface area contributed by atoms with Gasteiger partial charge in [0, 0.05) is 18.3 Å². The van der Waals surface area contributed by atoms with E-state index in [-0.39, 0.29) is 16.3 Å². The van der Waals surface area contributed by atoms with E-state index in [1.807, 2.05) is 0 Å². The minimum atomic E-state index is -0.175. The van der Waals surface area contributed by atoms with E-state index in [2.05, 4.69) is 38.0 Å². The molecular weight excluding hydrogens is 258 g/mol. The zero-order chi connectivity index (χ0) is 14.6. The molecule has 1 aromatic heterocycles. The standard InChI is InChI=1S/C14H21N3OS/c1-9(14(2,3)4)7-17-13(18)11-6-5-10(8-16-11)12(15)19/h5-6,8-9H,7H2,1-4H3,(H2,15,19)(H,17,18). The van der Waals surface area contributed by atoms with E-state index in [9.17, 15) is 4.79 Å². The van der Waals surface area contributed by atoms with Crippen LogP contribution in [0.3, 0.4) is 0 Å². The highest BCUT2D eigenvalue weighted by Crippen LogP contribution is 2.24. The van der Waals surface area contributed by atoms with Crippen molar-refractivity contribution < 1.29 is 4.79 Å². The maximum atomic E-state index is 11.9. The molecule has 4 nitrogen and oxygen atoms in total. The van der Waals surface area contributed by atoms with Crippen LogP contribution in [0, 0.1) is 11.3 Å². The Balaban J connectivity index is 2.61. The van der Waals surface area contributed by atoms with Gasteiger partial charge in [0.15, 0.2) is 0 Å². The van der Waals surface area contributed by atoms with Crippen molar-refractivity contribution in [1.82, 2.24) is 10.3 Å². The number of rotatable bonds is 4. The molecule has 1 unspecified atom stereocenters. The van der Waals surface area contributed by atoms with Gasteiger partial charge in [-0.1, -0.05) is 39.9 Å². The normalized spacial score (nSPS) is 12.8. The average molecular weight is 279 g/mol. The lowest BCUT2D eigenvalue weighted by Crippen LogP contribution is -2.34. The number of thiocarbonyl (C=S) groups is 1. The number of carbonyl (C=O) groups excluding carboxylic acids is 1. The molecular formula is C14H21N3OS. The van der Waals surface area contributed by atoms with Crippen LogP contribution in [-0.4, -0.2) is 22.4 Å². The van der Waals surface area contributed by atoms with Crippen molar-refractivity contribution in [1.29, 1.82) is 0 Å². The highest BCUT2D eigenvalue weighted by molar-refractivity contribution is 7.80. The summed E-state index contributed by atoms with van der Waals surface area (Å²) in [5.41, 5.74) is 6.68. The van der Waals surface area contributed by atoms with Crippen molar-refractivity contribution in [3.8, 4) is 0 Å². The molecule has 1 aromatic rings. The summed E-state index contributed by atoms with van der Waals surface area (Å²) in [6.45, 7) is 9.20. The monoisotopic (exact) mass is 279 g/mol. The van der Waals surface area contributed by atoms with Crippen molar-refractivity contribution in [2.75, 3.05) is 6.54 Å². The quantitative estimate of drug-likeness (QED) is 0.829. The summed E-state index contributed by atoms with van der Waals surface area (Å²) in [5, 5.41) is 2.89. The Morgan fingerprint density at radius 2 is 2.11 bits per heavy atom. The molecule has 0 aliphatic rings. The lowest BCUT2D eigenvalue weighted by molar-refractivity contribution is 0.0932. The smallest absolute Gasteiger partial charge is 0.269 e. The van der Waals surface area contributed by atoms with Gasteiger partial charge in [0.2, 0.25) is 0 Å². The predicted molar refractivity (Wildman–Crippen MR) is 81.1 cm³/mol. The summed E-state index contributed by atoms with van der Waals surface area (Å²) in [6.07, 6.45) is 1.52. The number of pyridine rings is 1. The topological polar surface area (TPSA) is 68.0 Å². The van der Waals surface area contributed by atoms with Crippen molar-refractivity contribution in [2.24, 2.45) is 17.1 Å². The van der Waals surface area contributed by atoms with Crippen LogP contribution in [0.1, 0.15) is 43.7 Å². The van der Waals surface area contributed by atoms with E-state index in [0.29, 0.717) is 23.7 Å². The van der Waals surface area contributed by atoms with Gasteiger partial charge >= 0.3 is 0 Å². The molecule has 0 fully saturated rings. The van der Waals surface area contributed by atoms with E-state index < -0.39 is 0 Å². The zero-order valence-corrected chi connectivity index (χ0v) is 12.7. The lowest BCUT2D eigenvalue weighted by atomic mass is 9.82. The molecule has 104 valence electrons. The number of nitrogens with one attached hydrogen (secondary N) is 1. The summed E-state index contributed by atoms with van der Waals surface area (Å²) in [7, 11) is 0. The highest BCUT2D eigenvalue weighted by atomic mass is 32.1. The van der Waals surface area contributed by atoms with Crippen LogP contribution in [0.15, 0.2) is 18.3 Å². The molecule has 0 saturated heterocycles. The zero-order valence-electron chi connectivity index (χ0n) is 11.9. The fraction of sp³-hybridized carbons (Fsp3) is 0.500. The molecule has 1 heterocycles. The van der Waals surface area contributed by atoms with E-state index in [4.69, 9.17) is 18.0 Å². The maximum Gasteiger partial charge on any atom is 0.269 e. The largest absolute Gasteiger partial charge is 0.389 e. The van der Waals surface area contributed by atoms with Gasteiger partial charge < -0.3 is 11.1 Å².